The van der Waals surface area contributed by atoms with Crippen LogP contribution in [0.15, 0.2) is 18.2 Å². The molecule has 2 saturated carbocycles. The Hall–Kier alpha value is -0.730. The topological polar surface area (TPSA) is 35.2 Å². The Labute approximate surface area is 113 Å². The van der Waals surface area contributed by atoms with Crippen LogP contribution in [0.4, 0.5) is 0 Å². The van der Waals surface area contributed by atoms with E-state index in [1.807, 2.05) is 12.1 Å². The monoisotopic (exact) mass is 265 g/mol. The summed E-state index contributed by atoms with van der Waals surface area (Å²) >= 11 is 6.33. The standard InChI is InChI=1S/C15H20ClNO/c16-13-9-11(15(10-17)7-8-15)5-6-14(13)18-12-3-1-2-4-12/h5-6,9,12H,1-4,7-8,10,17H2. The lowest BCUT2D eigenvalue weighted by molar-refractivity contribution is 0.210. The molecule has 1 aromatic rings. The number of halogens is 1. The van der Waals surface area contributed by atoms with E-state index >= 15 is 0 Å². The van der Waals surface area contributed by atoms with Gasteiger partial charge in [0.2, 0.25) is 0 Å². The van der Waals surface area contributed by atoms with Gasteiger partial charge in [-0.1, -0.05) is 17.7 Å². The molecule has 98 valence electrons. The highest BCUT2D eigenvalue weighted by Crippen LogP contribution is 2.48. The number of hydrogen-bond donors (Lipinski definition) is 1. The van der Waals surface area contributed by atoms with Crippen molar-refractivity contribution in [2.24, 2.45) is 5.73 Å². The molecule has 2 nitrogen and oxygen atoms in total. The lowest BCUT2D eigenvalue weighted by Gasteiger charge is -2.17. The molecule has 0 atom stereocenters. The molecule has 3 rings (SSSR count). The summed E-state index contributed by atoms with van der Waals surface area (Å²) in [5.74, 6) is 0.833. The number of ether oxygens (including phenoxy) is 1. The van der Waals surface area contributed by atoms with Gasteiger partial charge in [-0.2, -0.15) is 0 Å². The van der Waals surface area contributed by atoms with Gasteiger partial charge in [-0.25, -0.2) is 0 Å². The van der Waals surface area contributed by atoms with Crippen molar-refractivity contribution >= 4 is 11.6 Å². The minimum Gasteiger partial charge on any atom is -0.489 e. The first kappa shape index (κ1) is 12.3. The summed E-state index contributed by atoms with van der Waals surface area (Å²) in [5.41, 5.74) is 7.32. The van der Waals surface area contributed by atoms with Crippen LogP contribution in [0.5, 0.6) is 5.75 Å². The summed E-state index contributed by atoms with van der Waals surface area (Å²) in [6, 6.07) is 6.20. The lowest BCUT2D eigenvalue weighted by Crippen LogP contribution is -2.19. The van der Waals surface area contributed by atoms with Gasteiger partial charge >= 0.3 is 0 Å². The van der Waals surface area contributed by atoms with Crippen LogP contribution >= 0.6 is 11.6 Å². The van der Waals surface area contributed by atoms with E-state index < -0.39 is 0 Å². The van der Waals surface area contributed by atoms with Crippen molar-refractivity contribution in [2.75, 3.05) is 6.54 Å². The Morgan fingerprint density at radius 2 is 2.00 bits per heavy atom. The number of rotatable bonds is 4. The Morgan fingerprint density at radius 3 is 2.56 bits per heavy atom. The Balaban J connectivity index is 1.76. The highest BCUT2D eigenvalue weighted by atomic mass is 35.5. The van der Waals surface area contributed by atoms with Crippen molar-refractivity contribution in [2.45, 2.75) is 50.0 Å². The molecule has 1 aromatic carbocycles. The highest BCUT2D eigenvalue weighted by Gasteiger charge is 2.43. The van der Waals surface area contributed by atoms with Gasteiger partial charge < -0.3 is 10.5 Å². The molecule has 18 heavy (non-hydrogen) atoms. The normalized spacial score (nSPS) is 22.1. The predicted octanol–water partition coefficient (Wildman–Crippen LogP) is 3.65. The van der Waals surface area contributed by atoms with E-state index in [0.29, 0.717) is 12.6 Å². The third-order valence-electron chi connectivity index (χ3n) is 4.38. The van der Waals surface area contributed by atoms with Crippen LogP contribution in [0, 0.1) is 0 Å². The van der Waals surface area contributed by atoms with Gasteiger partial charge in [0.25, 0.3) is 0 Å². The van der Waals surface area contributed by atoms with Gasteiger partial charge in [-0.05, 0) is 56.2 Å². The van der Waals surface area contributed by atoms with E-state index in [2.05, 4.69) is 6.07 Å². The minimum atomic E-state index is 0.204. The fraction of sp³-hybridized carbons (Fsp3) is 0.600. The van der Waals surface area contributed by atoms with Crippen LogP contribution in [0.3, 0.4) is 0 Å². The minimum absolute atomic E-state index is 0.204. The van der Waals surface area contributed by atoms with Gasteiger partial charge in [-0.15, -0.1) is 0 Å². The molecule has 0 heterocycles. The molecule has 2 aliphatic carbocycles. The first-order chi connectivity index (χ1) is 8.73. The molecule has 2 aliphatic rings. The number of nitrogens with two attached hydrogens (primary N) is 1. The molecule has 0 saturated heterocycles. The zero-order chi connectivity index (χ0) is 12.6. The molecule has 2 N–H and O–H groups in total. The summed E-state index contributed by atoms with van der Waals surface area (Å²) in [5, 5.41) is 0.735. The molecule has 0 unspecified atom stereocenters. The Kier molecular flexibility index (Phi) is 3.25. The van der Waals surface area contributed by atoms with E-state index in [1.54, 1.807) is 0 Å². The van der Waals surface area contributed by atoms with Crippen LogP contribution in [-0.4, -0.2) is 12.6 Å². The van der Waals surface area contributed by atoms with Crippen LogP contribution < -0.4 is 10.5 Å². The fourth-order valence-corrected chi connectivity index (χ4v) is 3.10. The third-order valence-corrected chi connectivity index (χ3v) is 4.68. The van der Waals surface area contributed by atoms with E-state index in [1.165, 1.54) is 31.2 Å². The summed E-state index contributed by atoms with van der Waals surface area (Å²) in [4.78, 5) is 0. The predicted molar refractivity (Wildman–Crippen MR) is 74.3 cm³/mol. The Bertz CT molecular complexity index is 436. The maximum absolute atomic E-state index is 6.33. The highest BCUT2D eigenvalue weighted by molar-refractivity contribution is 6.32. The van der Waals surface area contributed by atoms with Crippen LogP contribution in [-0.2, 0) is 5.41 Å². The molecule has 0 spiro atoms. The Morgan fingerprint density at radius 1 is 1.28 bits per heavy atom. The number of benzene rings is 1. The molecule has 0 amide bonds. The van der Waals surface area contributed by atoms with Crippen molar-refractivity contribution in [1.82, 2.24) is 0 Å². The molecule has 0 aliphatic heterocycles. The molecule has 0 aromatic heterocycles. The van der Waals surface area contributed by atoms with E-state index in [4.69, 9.17) is 22.1 Å². The summed E-state index contributed by atoms with van der Waals surface area (Å²) < 4.78 is 5.96. The first-order valence-corrected chi connectivity index (χ1v) is 7.28. The number of hydrogen-bond acceptors (Lipinski definition) is 2. The van der Waals surface area contributed by atoms with Gasteiger partial charge in [0.1, 0.15) is 5.75 Å². The van der Waals surface area contributed by atoms with Crippen molar-refractivity contribution in [3.8, 4) is 5.75 Å². The second kappa shape index (κ2) is 4.75. The maximum Gasteiger partial charge on any atom is 0.138 e. The molecule has 2 fully saturated rings. The fourth-order valence-electron chi connectivity index (χ4n) is 2.87. The smallest absolute Gasteiger partial charge is 0.138 e. The molecule has 3 heteroatoms. The first-order valence-electron chi connectivity index (χ1n) is 6.90. The van der Waals surface area contributed by atoms with Crippen LogP contribution in [0.2, 0.25) is 5.02 Å². The summed E-state index contributed by atoms with van der Waals surface area (Å²) in [6.07, 6.45) is 7.59. The summed E-state index contributed by atoms with van der Waals surface area (Å²) in [7, 11) is 0. The van der Waals surface area contributed by atoms with Crippen LogP contribution in [0.1, 0.15) is 44.1 Å². The van der Waals surface area contributed by atoms with Gasteiger partial charge in [0.15, 0.2) is 0 Å². The average Bonchev–Trinajstić information content (AvgIpc) is 3.02. The largest absolute Gasteiger partial charge is 0.489 e. The van der Waals surface area contributed by atoms with Crippen LogP contribution in [0.25, 0.3) is 0 Å². The summed E-state index contributed by atoms with van der Waals surface area (Å²) in [6.45, 7) is 0.714. The molecular formula is C15H20ClNO. The van der Waals surface area contributed by atoms with Crippen molar-refractivity contribution in [3.63, 3.8) is 0 Å². The SMILES string of the molecule is NCC1(c2ccc(OC3CCCC3)c(Cl)c2)CC1. The van der Waals surface area contributed by atoms with Crippen molar-refractivity contribution < 1.29 is 4.74 Å². The second-order valence-electron chi connectivity index (χ2n) is 5.65. The van der Waals surface area contributed by atoms with Gasteiger partial charge in [0.05, 0.1) is 11.1 Å². The van der Waals surface area contributed by atoms with E-state index in [-0.39, 0.29) is 5.41 Å². The molecule has 0 bridgehead atoms. The maximum atomic E-state index is 6.33. The van der Waals surface area contributed by atoms with Crippen molar-refractivity contribution in [3.05, 3.63) is 28.8 Å². The van der Waals surface area contributed by atoms with Gasteiger partial charge in [0, 0.05) is 12.0 Å². The second-order valence-corrected chi connectivity index (χ2v) is 6.06. The third kappa shape index (κ3) is 2.24. The lowest BCUT2D eigenvalue weighted by atomic mass is 9.96. The molecular weight excluding hydrogens is 246 g/mol. The van der Waals surface area contributed by atoms with Gasteiger partial charge in [-0.3, -0.25) is 0 Å². The zero-order valence-corrected chi connectivity index (χ0v) is 11.4. The zero-order valence-electron chi connectivity index (χ0n) is 10.6. The van der Waals surface area contributed by atoms with E-state index in [9.17, 15) is 0 Å². The quantitative estimate of drug-likeness (QED) is 0.902. The van der Waals surface area contributed by atoms with Crippen molar-refractivity contribution in [1.29, 1.82) is 0 Å². The molecule has 0 radical (unpaired) electrons. The van der Waals surface area contributed by atoms with E-state index in [0.717, 1.165) is 23.6 Å². The average molecular weight is 266 g/mol.